The molecule has 13 heavy (non-hydrogen) atoms. The minimum Gasteiger partial charge on any atom is -0.337 e. The molecule has 68 valence electrons. The van der Waals surface area contributed by atoms with E-state index < -0.39 is 0 Å². The van der Waals surface area contributed by atoms with Crippen LogP contribution in [0.15, 0.2) is 16.6 Å². The normalized spacial score (nSPS) is 15.0. The van der Waals surface area contributed by atoms with Crippen LogP contribution in [0.3, 0.4) is 0 Å². The molecule has 0 saturated heterocycles. The SMILES string of the molecule is CN1Cc2c(ccc(F)c2Br)C1=O. The minimum absolute atomic E-state index is 0.0456. The Hall–Kier alpha value is -0.900. The van der Waals surface area contributed by atoms with E-state index in [0.29, 0.717) is 16.6 Å². The summed E-state index contributed by atoms with van der Waals surface area (Å²) < 4.78 is 13.5. The van der Waals surface area contributed by atoms with E-state index >= 15 is 0 Å². The Labute approximate surface area is 83.5 Å². The maximum Gasteiger partial charge on any atom is 0.254 e. The molecule has 0 fully saturated rings. The lowest BCUT2D eigenvalue weighted by Crippen LogP contribution is -2.17. The van der Waals surface area contributed by atoms with Crippen LogP contribution in [0.25, 0.3) is 0 Å². The van der Waals surface area contributed by atoms with E-state index in [1.807, 2.05) is 0 Å². The van der Waals surface area contributed by atoms with Gasteiger partial charge in [0.1, 0.15) is 5.82 Å². The molecular formula is C9H7BrFNO. The van der Waals surface area contributed by atoms with Crippen molar-refractivity contribution in [3.05, 3.63) is 33.5 Å². The first-order valence-electron chi connectivity index (χ1n) is 3.83. The first kappa shape index (κ1) is 8.69. The summed E-state index contributed by atoms with van der Waals surface area (Å²) in [7, 11) is 1.70. The van der Waals surface area contributed by atoms with Gasteiger partial charge in [0.2, 0.25) is 0 Å². The predicted molar refractivity (Wildman–Crippen MR) is 49.9 cm³/mol. The largest absolute Gasteiger partial charge is 0.337 e. The van der Waals surface area contributed by atoms with Crippen LogP contribution >= 0.6 is 15.9 Å². The van der Waals surface area contributed by atoms with Gasteiger partial charge in [-0.3, -0.25) is 4.79 Å². The summed E-state index contributed by atoms with van der Waals surface area (Å²) in [6, 6.07) is 2.83. The van der Waals surface area contributed by atoms with Crippen molar-refractivity contribution in [3.63, 3.8) is 0 Å². The summed E-state index contributed by atoms with van der Waals surface area (Å²) in [5.41, 5.74) is 1.34. The topological polar surface area (TPSA) is 20.3 Å². The average molecular weight is 244 g/mol. The molecule has 1 aromatic rings. The van der Waals surface area contributed by atoms with Crippen LogP contribution in [0, 0.1) is 5.82 Å². The number of fused-ring (bicyclic) bond motifs is 1. The summed E-state index contributed by atoms with van der Waals surface area (Å²) in [5.74, 6) is -0.363. The predicted octanol–water partition coefficient (Wildman–Crippen LogP) is 2.17. The highest BCUT2D eigenvalue weighted by Crippen LogP contribution is 2.30. The molecule has 1 aliphatic rings. The molecule has 0 unspecified atom stereocenters. The summed E-state index contributed by atoms with van der Waals surface area (Å²) >= 11 is 3.13. The number of hydrogen-bond acceptors (Lipinski definition) is 1. The summed E-state index contributed by atoms with van der Waals surface area (Å²) in [6.45, 7) is 0.479. The van der Waals surface area contributed by atoms with E-state index in [9.17, 15) is 9.18 Å². The lowest BCUT2D eigenvalue weighted by Gasteiger charge is -2.04. The fraction of sp³-hybridized carbons (Fsp3) is 0.222. The van der Waals surface area contributed by atoms with Crippen LogP contribution in [0.5, 0.6) is 0 Å². The number of carbonyl (C=O) groups is 1. The van der Waals surface area contributed by atoms with Crippen molar-refractivity contribution in [2.24, 2.45) is 0 Å². The van der Waals surface area contributed by atoms with Crippen LogP contribution in [-0.4, -0.2) is 17.9 Å². The number of halogens is 2. The molecule has 1 aliphatic heterocycles. The second-order valence-electron chi connectivity index (χ2n) is 3.05. The Morgan fingerprint density at radius 2 is 2.23 bits per heavy atom. The van der Waals surface area contributed by atoms with Gasteiger partial charge in [0, 0.05) is 24.7 Å². The summed E-state index contributed by atoms with van der Waals surface area (Å²) in [6.07, 6.45) is 0. The number of hydrogen-bond donors (Lipinski definition) is 0. The van der Waals surface area contributed by atoms with Crippen molar-refractivity contribution in [3.8, 4) is 0 Å². The molecule has 1 heterocycles. The molecule has 1 aromatic carbocycles. The van der Waals surface area contributed by atoms with E-state index in [4.69, 9.17) is 0 Å². The summed E-state index contributed by atoms with van der Waals surface area (Å²) in [4.78, 5) is 13.0. The van der Waals surface area contributed by atoms with Gasteiger partial charge in [-0.05, 0) is 28.1 Å². The highest BCUT2D eigenvalue weighted by atomic mass is 79.9. The molecule has 0 atom stereocenters. The smallest absolute Gasteiger partial charge is 0.254 e. The molecule has 2 rings (SSSR count). The van der Waals surface area contributed by atoms with Gasteiger partial charge in [0.15, 0.2) is 0 Å². The molecule has 0 aliphatic carbocycles. The van der Waals surface area contributed by atoms with Gasteiger partial charge in [0.05, 0.1) is 4.47 Å². The molecule has 0 spiro atoms. The Balaban J connectivity index is 2.64. The Morgan fingerprint density at radius 3 is 2.92 bits per heavy atom. The zero-order valence-corrected chi connectivity index (χ0v) is 8.56. The molecule has 1 amide bonds. The first-order chi connectivity index (χ1) is 6.11. The van der Waals surface area contributed by atoms with E-state index in [1.54, 1.807) is 11.9 Å². The monoisotopic (exact) mass is 243 g/mol. The maximum absolute atomic E-state index is 13.1. The van der Waals surface area contributed by atoms with E-state index in [0.717, 1.165) is 5.56 Å². The van der Waals surface area contributed by atoms with Crippen molar-refractivity contribution in [1.29, 1.82) is 0 Å². The summed E-state index contributed by atoms with van der Waals surface area (Å²) in [5, 5.41) is 0. The van der Waals surface area contributed by atoms with Gasteiger partial charge in [-0.15, -0.1) is 0 Å². The van der Waals surface area contributed by atoms with E-state index in [-0.39, 0.29) is 11.7 Å². The van der Waals surface area contributed by atoms with Crippen molar-refractivity contribution in [1.82, 2.24) is 4.90 Å². The highest BCUT2D eigenvalue weighted by Gasteiger charge is 2.27. The van der Waals surface area contributed by atoms with Gasteiger partial charge >= 0.3 is 0 Å². The zero-order chi connectivity index (χ0) is 9.59. The van der Waals surface area contributed by atoms with E-state index in [1.165, 1.54) is 12.1 Å². The molecule has 0 aromatic heterocycles. The van der Waals surface area contributed by atoms with Crippen LogP contribution in [0.1, 0.15) is 15.9 Å². The molecule has 2 nitrogen and oxygen atoms in total. The van der Waals surface area contributed by atoms with Gasteiger partial charge in [-0.1, -0.05) is 0 Å². The molecule has 0 saturated carbocycles. The third-order valence-corrected chi connectivity index (χ3v) is 3.03. The Morgan fingerprint density at radius 1 is 1.54 bits per heavy atom. The van der Waals surface area contributed by atoms with Crippen molar-refractivity contribution >= 4 is 21.8 Å². The van der Waals surface area contributed by atoms with E-state index in [2.05, 4.69) is 15.9 Å². The lowest BCUT2D eigenvalue weighted by molar-refractivity contribution is 0.0816. The van der Waals surface area contributed by atoms with Crippen LogP contribution < -0.4 is 0 Å². The first-order valence-corrected chi connectivity index (χ1v) is 4.63. The molecule has 0 bridgehead atoms. The lowest BCUT2D eigenvalue weighted by atomic mass is 10.1. The van der Waals surface area contributed by atoms with Crippen LogP contribution in [0.4, 0.5) is 4.39 Å². The number of amides is 1. The number of carbonyl (C=O) groups excluding carboxylic acids is 1. The number of benzene rings is 1. The van der Waals surface area contributed by atoms with Gasteiger partial charge in [-0.2, -0.15) is 0 Å². The molecule has 0 radical (unpaired) electrons. The highest BCUT2D eigenvalue weighted by molar-refractivity contribution is 9.10. The Bertz CT molecular complexity index is 391. The standard InChI is InChI=1S/C9H7BrFNO/c1-12-4-6-5(9(12)13)2-3-7(11)8(6)10/h2-3H,4H2,1H3. The Kier molecular flexibility index (Phi) is 1.87. The second-order valence-corrected chi connectivity index (χ2v) is 3.84. The van der Waals surface area contributed by atoms with Crippen molar-refractivity contribution in [2.45, 2.75) is 6.54 Å². The quantitative estimate of drug-likeness (QED) is 0.684. The second kappa shape index (κ2) is 2.80. The van der Waals surface area contributed by atoms with Gasteiger partial charge in [-0.25, -0.2) is 4.39 Å². The third-order valence-electron chi connectivity index (χ3n) is 2.17. The number of rotatable bonds is 0. The third kappa shape index (κ3) is 1.16. The van der Waals surface area contributed by atoms with Crippen molar-refractivity contribution in [2.75, 3.05) is 7.05 Å². The molecular weight excluding hydrogens is 237 g/mol. The van der Waals surface area contributed by atoms with Crippen LogP contribution in [-0.2, 0) is 6.54 Å². The molecule has 0 N–H and O–H groups in total. The van der Waals surface area contributed by atoms with Crippen LogP contribution in [0.2, 0.25) is 0 Å². The van der Waals surface area contributed by atoms with Gasteiger partial charge in [0.25, 0.3) is 5.91 Å². The van der Waals surface area contributed by atoms with Crippen molar-refractivity contribution < 1.29 is 9.18 Å². The average Bonchev–Trinajstić information content (AvgIpc) is 2.38. The zero-order valence-electron chi connectivity index (χ0n) is 6.97. The minimum atomic E-state index is -0.318. The maximum atomic E-state index is 13.1. The van der Waals surface area contributed by atoms with Gasteiger partial charge < -0.3 is 4.90 Å². The molecule has 4 heteroatoms. The fourth-order valence-corrected chi connectivity index (χ4v) is 1.93. The fourth-order valence-electron chi connectivity index (χ4n) is 1.46. The number of nitrogens with zero attached hydrogens (tertiary/aromatic N) is 1.